The van der Waals surface area contributed by atoms with Crippen molar-refractivity contribution in [2.75, 3.05) is 0 Å². The number of carbonyl (C=O) groups excluding carboxylic acids is 1. The monoisotopic (exact) mass is 422 g/mol. The fourth-order valence-electron chi connectivity index (χ4n) is 6.37. The lowest BCUT2D eigenvalue weighted by molar-refractivity contribution is -0.0260. The Kier molecular flexibility index (Phi) is 4.02. The highest BCUT2D eigenvalue weighted by atomic mass is 32.2. The Morgan fingerprint density at radius 1 is 1.10 bits per heavy atom. The fraction of sp³-hybridized carbons (Fsp3) is 0.440. The predicted octanol–water partition coefficient (Wildman–Crippen LogP) is 5.85. The van der Waals surface area contributed by atoms with Gasteiger partial charge in [-0.2, -0.15) is 0 Å². The zero-order chi connectivity index (χ0) is 21.5. The largest absolute Gasteiger partial charge is 0.486 e. The second-order valence-corrected chi connectivity index (χ2v) is 10.7. The number of hydrogen-bond acceptors (Lipinski definition) is 4. The van der Waals surface area contributed by atoms with Crippen LogP contribution in [0.4, 0.5) is 0 Å². The number of carboxylic acid groups (broad SMARTS) is 1. The van der Waals surface area contributed by atoms with Crippen LogP contribution in [-0.2, 0) is 5.41 Å². The third kappa shape index (κ3) is 2.36. The van der Waals surface area contributed by atoms with Gasteiger partial charge in [0.25, 0.3) is 0 Å². The van der Waals surface area contributed by atoms with Gasteiger partial charge in [0.15, 0.2) is 0 Å². The molecule has 2 aliphatic carbocycles. The molecule has 2 saturated carbocycles. The summed E-state index contributed by atoms with van der Waals surface area (Å²) in [5, 5.41) is 9.12. The first-order chi connectivity index (χ1) is 14.1. The summed E-state index contributed by atoms with van der Waals surface area (Å²) >= 11 is 1.15. The van der Waals surface area contributed by atoms with Crippen LogP contribution in [0.15, 0.2) is 41.3 Å². The van der Waals surface area contributed by atoms with Gasteiger partial charge in [-0.1, -0.05) is 13.8 Å². The normalized spacial score (nSPS) is 33.1. The fourth-order valence-corrected chi connectivity index (χ4v) is 7.17. The minimum Gasteiger partial charge on any atom is -0.486 e. The molecule has 5 heteroatoms. The molecule has 2 bridgehead atoms. The Morgan fingerprint density at radius 2 is 1.83 bits per heavy atom. The molecule has 30 heavy (non-hydrogen) atoms. The van der Waals surface area contributed by atoms with Gasteiger partial charge in [-0.25, -0.2) is 4.79 Å². The van der Waals surface area contributed by atoms with Gasteiger partial charge in [0.1, 0.15) is 11.4 Å². The van der Waals surface area contributed by atoms with Crippen LogP contribution >= 0.6 is 11.8 Å². The van der Waals surface area contributed by atoms with Crippen molar-refractivity contribution in [2.45, 2.75) is 62.9 Å². The molecule has 1 N–H and O–H groups in total. The highest BCUT2D eigenvalue weighted by molar-refractivity contribution is 8.14. The summed E-state index contributed by atoms with van der Waals surface area (Å²) in [5.74, 6) is 0.514. The number of benzene rings is 2. The molecule has 4 atom stereocenters. The van der Waals surface area contributed by atoms with Crippen molar-refractivity contribution in [3.05, 3.63) is 58.7 Å². The van der Waals surface area contributed by atoms with Crippen molar-refractivity contribution in [1.29, 1.82) is 0 Å². The lowest BCUT2D eigenvalue weighted by Gasteiger charge is -2.48. The van der Waals surface area contributed by atoms with E-state index in [1.807, 2.05) is 25.1 Å². The third-order valence-electron chi connectivity index (χ3n) is 8.42. The van der Waals surface area contributed by atoms with Crippen LogP contribution in [0.1, 0.15) is 71.9 Å². The Balaban J connectivity index is 1.48. The second-order valence-electron chi connectivity index (χ2n) is 9.72. The van der Waals surface area contributed by atoms with Crippen molar-refractivity contribution < 1.29 is 19.4 Å². The first-order valence-electron chi connectivity index (χ1n) is 10.5. The van der Waals surface area contributed by atoms with Crippen molar-refractivity contribution >= 4 is 22.8 Å². The number of carboxylic acids is 1. The highest BCUT2D eigenvalue weighted by Crippen LogP contribution is 2.73. The lowest BCUT2D eigenvalue weighted by Crippen LogP contribution is -2.54. The molecule has 0 amide bonds. The molecule has 156 valence electrons. The van der Waals surface area contributed by atoms with Crippen molar-refractivity contribution in [3.63, 3.8) is 0 Å². The van der Waals surface area contributed by atoms with Crippen molar-refractivity contribution in [1.82, 2.24) is 0 Å². The van der Waals surface area contributed by atoms with E-state index in [4.69, 9.17) is 9.84 Å². The zero-order valence-corrected chi connectivity index (χ0v) is 18.6. The third-order valence-corrected chi connectivity index (χ3v) is 9.52. The Bertz CT molecular complexity index is 1110. The summed E-state index contributed by atoms with van der Waals surface area (Å²) in [5.41, 5.74) is 2.74. The topological polar surface area (TPSA) is 63.6 Å². The number of aromatic carboxylic acids is 1. The summed E-state index contributed by atoms with van der Waals surface area (Å²) in [7, 11) is 0. The van der Waals surface area contributed by atoms with Gasteiger partial charge >= 0.3 is 5.97 Å². The van der Waals surface area contributed by atoms with E-state index >= 15 is 0 Å². The summed E-state index contributed by atoms with van der Waals surface area (Å²) < 4.78 is 6.55. The quantitative estimate of drug-likeness (QED) is 0.628. The van der Waals surface area contributed by atoms with Crippen LogP contribution in [0, 0.1) is 18.3 Å². The van der Waals surface area contributed by atoms with Gasteiger partial charge < -0.3 is 9.84 Å². The maximum atomic E-state index is 13.1. The Hall–Kier alpha value is -2.27. The molecule has 2 aromatic rings. The van der Waals surface area contributed by atoms with Crippen molar-refractivity contribution in [3.8, 4) is 5.75 Å². The maximum absolute atomic E-state index is 13.1. The van der Waals surface area contributed by atoms with E-state index in [2.05, 4.69) is 20.8 Å². The smallest absolute Gasteiger partial charge is 0.335 e. The van der Waals surface area contributed by atoms with E-state index in [1.54, 1.807) is 18.2 Å². The number of carbonyl (C=O) groups is 2. The van der Waals surface area contributed by atoms with Gasteiger partial charge in [0, 0.05) is 21.4 Å². The summed E-state index contributed by atoms with van der Waals surface area (Å²) in [6.07, 6.45) is 3.60. The standard InChI is InChI=1S/C25H26O4S/c1-14-11-15(21(26)27)6-8-20(14)30-22(28)16-5-7-19-18(12-16)24(3)23(2)10-9-17(13-23)25(24,4)29-19/h5-8,11-12,17H,9-10,13H2,1-4H3,(H,26,27). The summed E-state index contributed by atoms with van der Waals surface area (Å²) in [6.45, 7) is 8.80. The van der Waals surface area contributed by atoms with E-state index in [0.29, 0.717) is 11.5 Å². The molecule has 1 aliphatic heterocycles. The lowest BCUT2D eigenvalue weighted by atomic mass is 9.56. The van der Waals surface area contributed by atoms with E-state index in [1.165, 1.54) is 24.8 Å². The molecule has 3 aliphatic rings. The van der Waals surface area contributed by atoms with E-state index in [-0.39, 0.29) is 27.1 Å². The predicted molar refractivity (Wildman–Crippen MR) is 117 cm³/mol. The van der Waals surface area contributed by atoms with Gasteiger partial charge in [0.05, 0.1) is 5.56 Å². The van der Waals surface area contributed by atoms with Crippen molar-refractivity contribution in [2.24, 2.45) is 11.3 Å². The van der Waals surface area contributed by atoms with Gasteiger partial charge in [-0.3, -0.25) is 4.79 Å². The number of hydrogen-bond donors (Lipinski definition) is 1. The SMILES string of the molecule is Cc1cc(C(=O)O)ccc1SC(=O)c1ccc2c(c1)C1(C)C3(C)CCC(C3)C1(C)O2. The van der Waals surface area contributed by atoms with Crippen LogP contribution in [-0.4, -0.2) is 21.8 Å². The van der Waals surface area contributed by atoms with Crippen LogP contribution < -0.4 is 4.74 Å². The summed E-state index contributed by atoms with van der Waals surface area (Å²) in [4.78, 5) is 25.0. The number of rotatable bonds is 3. The van der Waals surface area contributed by atoms with Crippen LogP contribution in [0.25, 0.3) is 0 Å². The minimum absolute atomic E-state index is 0.0329. The van der Waals surface area contributed by atoms with E-state index < -0.39 is 5.97 Å². The molecule has 4 unspecified atom stereocenters. The van der Waals surface area contributed by atoms with Crippen LogP contribution in [0.2, 0.25) is 0 Å². The molecule has 0 radical (unpaired) electrons. The number of ether oxygens (including phenoxy) is 1. The average molecular weight is 423 g/mol. The molecule has 0 saturated heterocycles. The molecular weight excluding hydrogens is 396 g/mol. The number of aryl methyl sites for hydroxylation is 1. The zero-order valence-electron chi connectivity index (χ0n) is 17.7. The molecule has 2 aromatic carbocycles. The molecule has 1 heterocycles. The van der Waals surface area contributed by atoms with E-state index in [9.17, 15) is 9.59 Å². The second kappa shape index (κ2) is 6.13. The average Bonchev–Trinajstić information content (AvgIpc) is 3.27. The highest BCUT2D eigenvalue weighted by Gasteiger charge is 2.73. The minimum atomic E-state index is -0.963. The first-order valence-corrected chi connectivity index (χ1v) is 11.3. The van der Waals surface area contributed by atoms with Crippen LogP contribution in [0.5, 0.6) is 5.75 Å². The molecule has 2 fully saturated rings. The number of thioether (sulfide) groups is 1. The number of fused-ring (bicyclic) bond motifs is 7. The molecule has 0 spiro atoms. The molecule has 4 nitrogen and oxygen atoms in total. The Labute approximate surface area is 181 Å². The maximum Gasteiger partial charge on any atom is 0.335 e. The molecular formula is C25H26O4S. The van der Waals surface area contributed by atoms with Gasteiger partial charge in [0.2, 0.25) is 5.12 Å². The summed E-state index contributed by atoms with van der Waals surface area (Å²) in [6, 6.07) is 10.7. The molecule has 5 rings (SSSR count). The van der Waals surface area contributed by atoms with E-state index in [0.717, 1.165) is 28.0 Å². The Morgan fingerprint density at radius 3 is 2.53 bits per heavy atom. The van der Waals surface area contributed by atoms with Gasteiger partial charge in [-0.15, -0.1) is 0 Å². The first kappa shape index (κ1) is 19.7. The van der Waals surface area contributed by atoms with Crippen LogP contribution in [0.3, 0.4) is 0 Å². The molecule has 0 aromatic heterocycles. The van der Waals surface area contributed by atoms with Gasteiger partial charge in [-0.05, 0) is 98.2 Å².